The molecular weight excluding hydrogens is 364 g/mol. The highest BCUT2D eigenvalue weighted by Gasteiger charge is 2.52. The molecule has 6 heteroatoms. The van der Waals surface area contributed by atoms with Crippen LogP contribution in [-0.4, -0.2) is 57.3 Å². The van der Waals surface area contributed by atoms with E-state index in [0.29, 0.717) is 24.6 Å². The summed E-state index contributed by atoms with van der Waals surface area (Å²) in [4.78, 5) is 34.8. The van der Waals surface area contributed by atoms with Crippen molar-refractivity contribution in [3.05, 3.63) is 41.7 Å². The fourth-order valence-electron chi connectivity index (χ4n) is 4.90. The SMILES string of the molecule is CN(C)C(=O)c1nc(-c2ccccc2)n2c1C[C@@H]1CC[C@H](C2)N1C(=O)C1(C)CC1. The van der Waals surface area contributed by atoms with Crippen molar-refractivity contribution in [2.75, 3.05) is 14.1 Å². The molecule has 1 aromatic carbocycles. The maximum Gasteiger partial charge on any atom is 0.273 e. The topological polar surface area (TPSA) is 58.4 Å². The van der Waals surface area contributed by atoms with Crippen molar-refractivity contribution in [3.63, 3.8) is 0 Å². The smallest absolute Gasteiger partial charge is 0.273 e. The summed E-state index contributed by atoms with van der Waals surface area (Å²) in [6.45, 7) is 2.81. The highest BCUT2D eigenvalue weighted by atomic mass is 16.2. The van der Waals surface area contributed by atoms with Gasteiger partial charge in [-0.15, -0.1) is 0 Å². The molecule has 3 aliphatic rings. The number of amides is 2. The average Bonchev–Trinajstić information content (AvgIpc) is 3.26. The predicted octanol–water partition coefficient (Wildman–Crippen LogP) is 2.97. The minimum absolute atomic E-state index is 0.0688. The largest absolute Gasteiger partial charge is 0.343 e. The zero-order chi connectivity index (χ0) is 20.3. The van der Waals surface area contributed by atoms with Gasteiger partial charge in [0.15, 0.2) is 0 Å². The Kier molecular flexibility index (Phi) is 4.09. The second kappa shape index (κ2) is 6.44. The first-order valence-corrected chi connectivity index (χ1v) is 10.6. The van der Waals surface area contributed by atoms with Crippen molar-refractivity contribution in [2.45, 2.75) is 57.7 Å². The molecule has 1 saturated heterocycles. The zero-order valence-corrected chi connectivity index (χ0v) is 17.4. The lowest BCUT2D eigenvalue weighted by Gasteiger charge is -2.31. The third kappa shape index (κ3) is 2.88. The first-order valence-electron chi connectivity index (χ1n) is 10.6. The van der Waals surface area contributed by atoms with E-state index >= 15 is 0 Å². The van der Waals surface area contributed by atoms with Gasteiger partial charge in [0.05, 0.1) is 11.7 Å². The summed E-state index contributed by atoms with van der Waals surface area (Å²) in [7, 11) is 3.53. The average molecular weight is 393 g/mol. The van der Waals surface area contributed by atoms with E-state index in [1.807, 2.05) is 30.3 Å². The summed E-state index contributed by atoms with van der Waals surface area (Å²) in [5, 5.41) is 0. The maximum absolute atomic E-state index is 13.3. The summed E-state index contributed by atoms with van der Waals surface area (Å²) in [5.74, 6) is 1.08. The Morgan fingerprint density at radius 1 is 1.10 bits per heavy atom. The Balaban J connectivity index is 1.60. The third-order valence-electron chi connectivity index (χ3n) is 6.91. The highest BCUT2D eigenvalue weighted by molar-refractivity contribution is 5.94. The van der Waals surface area contributed by atoms with Gasteiger partial charge in [-0.25, -0.2) is 4.98 Å². The van der Waals surface area contributed by atoms with Gasteiger partial charge >= 0.3 is 0 Å². The Morgan fingerprint density at radius 2 is 1.79 bits per heavy atom. The predicted molar refractivity (Wildman–Crippen MR) is 110 cm³/mol. The molecule has 0 spiro atoms. The number of imidazole rings is 1. The number of aromatic nitrogens is 2. The minimum Gasteiger partial charge on any atom is -0.343 e. The summed E-state index contributed by atoms with van der Waals surface area (Å²) >= 11 is 0. The first-order chi connectivity index (χ1) is 13.9. The zero-order valence-electron chi connectivity index (χ0n) is 17.4. The third-order valence-corrected chi connectivity index (χ3v) is 6.91. The number of rotatable bonds is 3. The summed E-state index contributed by atoms with van der Waals surface area (Å²) in [6.07, 6.45) is 4.72. The molecule has 152 valence electrons. The van der Waals surface area contributed by atoms with Gasteiger partial charge in [0.2, 0.25) is 5.91 Å². The summed E-state index contributed by atoms with van der Waals surface area (Å²) < 4.78 is 2.21. The number of hydrogen-bond acceptors (Lipinski definition) is 3. The van der Waals surface area contributed by atoms with Gasteiger partial charge in [0.25, 0.3) is 5.91 Å². The molecule has 3 heterocycles. The molecule has 5 rings (SSSR count). The Bertz CT molecular complexity index is 974. The van der Waals surface area contributed by atoms with Crippen LogP contribution in [0.5, 0.6) is 0 Å². The number of carbonyl (C=O) groups is 2. The van der Waals surface area contributed by atoms with Crippen LogP contribution in [0.1, 0.15) is 48.8 Å². The minimum atomic E-state index is -0.164. The number of hydrogen-bond donors (Lipinski definition) is 0. The molecule has 1 aliphatic carbocycles. The molecule has 1 saturated carbocycles. The van der Waals surface area contributed by atoms with Crippen molar-refractivity contribution < 1.29 is 9.59 Å². The molecule has 2 fully saturated rings. The summed E-state index contributed by atoms with van der Waals surface area (Å²) in [5.41, 5.74) is 2.36. The van der Waals surface area contributed by atoms with E-state index in [9.17, 15) is 9.59 Å². The Morgan fingerprint density at radius 3 is 2.45 bits per heavy atom. The van der Waals surface area contributed by atoms with Gasteiger partial charge in [-0.05, 0) is 25.7 Å². The van der Waals surface area contributed by atoms with Crippen LogP contribution in [-0.2, 0) is 17.8 Å². The normalized spacial score (nSPS) is 24.0. The van der Waals surface area contributed by atoms with E-state index in [2.05, 4.69) is 16.4 Å². The van der Waals surface area contributed by atoms with Crippen LogP contribution in [0.4, 0.5) is 0 Å². The molecule has 6 nitrogen and oxygen atoms in total. The standard InChI is InChI=1S/C23H28N4O2/c1-23(11-12-23)22(29)27-16-9-10-17(27)14-26-18(13-16)19(21(28)25(2)3)24-20(26)15-7-5-4-6-8-15/h4-8,16-17H,9-14H2,1-3H3/t16-,17+/m0/s1. The molecule has 2 atom stereocenters. The lowest BCUT2D eigenvalue weighted by atomic mass is 10.0. The molecule has 2 amide bonds. The molecule has 2 aliphatic heterocycles. The van der Waals surface area contributed by atoms with Crippen LogP contribution in [0.3, 0.4) is 0 Å². The number of nitrogens with zero attached hydrogens (tertiary/aromatic N) is 4. The molecule has 0 unspecified atom stereocenters. The second-order valence-corrected chi connectivity index (χ2v) is 9.27. The molecule has 29 heavy (non-hydrogen) atoms. The van der Waals surface area contributed by atoms with E-state index < -0.39 is 0 Å². The van der Waals surface area contributed by atoms with E-state index in [1.165, 1.54) is 0 Å². The Hall–Kier alpha value is -2.63. The van der Waals surface area contributed by atoms with Crippen LogP contribution < -0.4 is 0 Å². The molecule has 1 aromatic heterocycles. The second-order valence-electron chi connectivity index (χ2n) is 9.27. The van der Waals surface area contributed by atoms with Gasteiger partial charge in [-0.1, -0.05) is 37.3 Å². The van der Waals surface area contributed by atoms with Crippen LogP contribution in [0, 0.1) is 5.41 Å². The molecule has 2 aromatic rings. The Labute approximate surface area is 171 Å². The van der Waals surface area contributed by atoms with E-state index in [4.69, 9.17) is 4.98 Å². The fourth-order valence-corrected chi connectivity index (χ4v) is 4.90. The number of benzene rings is 1. The lowest BCUT2D eigenvalue weighted by molar-refractivity contribution is -0.139. The van der Waals surface area contributed by atoms with Gasteiger partial charge in [-0.3, -0.25) is 9.59 Å². The molecular formula is C23H28N4O2. The molecule has 0 radical (unpaired) electrons. The molecule has 0 N–H and O–H groups in total. The van der Waals surface area contributed by atoms with Crippen molar-refractivity contribution >= 4 is 11.8 Å². The van der Waals surface area contributed by atoms with E-state index in [1.54, 1.807) is 19.0 Å². The van der Waals surface area contributed by atoms with Gasteiger partial charge < -0.3 is 14.4 Å². The van der Waals surface area contributed by atoms with Gasteiger partial charge in [0, 0.05) is 44.1 Å². The highest BCUT2D eigenvalue weighted by Crippen LogP contribution is 2.49. The van der Waals surface area contributed by atoms with Crippen molar-refractivity contribution in [3.8, 4) is 11.4 Å². The van der Waals surface area contributed by atoms with Crippen LogP contribution in [0.2, 0.25) is 0 Å². The lowest BCUT2D eigenvalue weighted by Crippen LogP contribution is -2.45. The number of carbonyl (C=O) groups excluding carboxylic acids is 2. The van der Waals surface area contributed by atoms with Crippen molar-refractivity contribution in [1.29, 1.82) is 0 Å². The first kappa shape index (κ1) is 18.4. The van der Waals surface area contributed by atoms with Gasteiger partial charge in [0.1, 0.15) is 11.5 Å². The molecule has 2 bridgehead atoms. The van der Waals surface area contributed by atoms with E-state index in [0.717, 1.165) is 42.8 Å². The van der Waals surface area contributed by atoms with E-state index in [-0.39, 0.29) is 23.4 Å². The fraction of sp³-hybridized carbons (Fsp3) is 0.522. The quantitative estimate of drug-likeness (QED) is 0.807. The van der Waals surface area contributed by atoms with Crippen LogP contribution >= 0.6 is 0 Å². The summed E-state index contributed by atoms with van der Waals surface area (Å²) in [6, 6.07) is 10.4. The van der Waals surface area contributed by atoms with Crippen LogP contribution in [0.25, 0.3) is 11.4 Å². The van der Waals surface area contributed by atoms with Gasteiger partial charge in [-0.2, -0.15) is 0 Å². The van der Waals surface area contributed by atoms with Crippen molar-refractivity contribution in [1.82, 2.24) is 19.4 Å². The number of fused-ring (bicyclic) bond motifs is 3. The van der Waals surface area contributed by atoms with Crippen molar-refractivity contribution in [2.24, 2.45) is 5.41 Å². The van der Waals surface area contributed by atoms with Crippen LogP contribution in [0.15, 0.2) is 30.3 Å². The maximum atomic E-state index is 13.3. The monoisotopic (exact) mass is 392 g/mol.